The lowest BCUT2D eigenvalue weighted by molar-refractivity contribution is -0.384. The third-order valence-electron chi connectivity index (χ3n) is 3.60. The molecule has 0 aliphatic heterocycles. The van der Waals surface area contributed by atoms with Crippen LogP contribution in [-0.4, -0.2) is 53.9 Å². The molecule has 9 nitrogen and oxygen atoms in total. The Bertz CT molecular complexity index is 684. The minimum absolute atomic E-state index is 0.0396. The number of methoxy groups -OCH3 is 1. The molecule has 0 heterocycles. The van der Waals surface area contributed by atoms with Gasteiger partial charge < -0.3 is 15.4 Å². The zero-order valence-corrected chi connectivity index (χ0v) is 16.0. The minimum atomic E-state index is -0.635. The molecule has 144 valence electrons. The average Bonchev–Trinajstić information content (AvgIpc) is 2.51. The van der Waals surface area contributed by atoms with Crippen molar-refractivity contribution in [3.63, 3.8) is 0 Å². The van der Waals surface area contributed by atoms with Crippen LogP contribution in [0.15, 0.2) is 18.2 Å². The molecule has 2 N–H and O–H groups in total. The van der Waals surface area contributed by atoms with E-state index in [1.165, 1.54) is 25.3 Å². The van der Waals surface area contributed by atoms with Gasteiger partial charge in [-0.05, 0) is 40.8 Å². The third kappa shape index (κ3) is 6.32. The fourth-order valence-corrected chi connectivity index (χ4v) is 2.17. The number of ether oxygens (including phenoxy) is 1. The van der Waals surface area contributed by atoms with Crippen LogP contribution in [0.5, 0.6) is 5.75 Å². The highest BCUT2D eigenvalue weighted by Crippen LogP contribution is 2.29. The Hall–Kier alpha value is -2.68. The third-order valence-corrected chi connectivity index (χ3v) is 3.60. The number of hydrogen-bond acceptors (Lipinski definition) is 6. The number of hydrogen-bond donors (Lipinski definition) is 2. The fraction of sp³-hybridized carbons (Fsp3) is 0.529. The maximum atomic E-state index is 12.5. The van der Waals surface area contributed by atoms with Crippen LogP contribution in [0, 0.1) is 10.1 Å². The molecule has 0 bridgehead atoms. The second kappa shape index (κ2) is 8.61. The number of benzene rings is 1. The second-order valence-corrected chi connectivity index (χ2v) is 7.02. The van der Waals surface area contributed by atoms with E-state index in [1.807, 2.05) is 20.8 Å². The summed E-state index contributed by atoms with van der Waals surface area (Å²) in [5.41, 5.74) is -0.322. The van der Waals surface area contributed by atoms with Crippen LogP contribution < -0.4 is 15.4 Å². The van der Waals surface area contributed by atoms with Gasteiger partial charge >= 0.3 is 0 Å². The van der Waals surface area contributed by atoms with Crippen molar-refractivity contribution in [2.24, 2.45) is 0 Å². The molecular weight excluding hydrogens is 340 g/mol. The summed E-state index contributed by atoms with van der Waals surface area (Å²) < 4.78 is 5.13. The van der Waals surface area contributed by atoms with Crippen LogP contribution >= 0.6 is 0 Å². The summed E-state index contributed by atoms with van der Waals surface area (Å²) in [5, 5.41) is 16.4. The molecule has 0 radical (unpaired) electrons. The van der Waals surface area contributed by atoms with E-state index in [9.17, 15) is 19.7 Å². The highest BCUT2D eigenvalue weighted by Gasteiger charge is 2.23. The van der Waals surface area contributed by atoms with Gasteiger partial charge in [-0.15, -0.1) is 0 Å². The van der Waals surface area contributed by atoms with Crippen molar-refractivity contribution >= 4 is 23.2 Å². The Morgan fingerprint density at radius 2 is 1.96 bits per heavy atom. The van der Waals surface area contributed by atoms with Crippen LogP contribution in [0.4, 0.5) is 11.4 Å². The van der Waals surface area contributed by atoms with E-state index in [0.29, 0.717) is 5.75 Å². The molecule has 0 unspecified atom stereocenters. The van der Waals surface area contributed by atoms with E-state index >= 15 is 0 Å². The van der Waals surface area contributed by atoms with Gasteiger partial charge in [0, 0.05) is 17.7 Å². The van der Waals surface area contributed by atoms with E-state index < -0.39 is 16.9 Å². The van der Waals surface area contributed by atoms with Crippen LogP contribution in [0.3, 0.4) is 0 Å². The smallest absolute Gasteiger partial charge is 0.271 e. The van der Waals surface area contributed by atoms with Crippen LogP contribution in [0.25, 0.3) is 0 Å². The summed E-state index contributed by atoms with van der Waals surface area (Å²) in [5.74, 6) is -0.299. The number of anilines is 1. The molecule has 26 heavy (non-hydrogen) atoms. The van der Waals surface area contributed by atoms with E-state index in [4.69, 9.17) is 4.74 Å². The first-order chi connectivity index (χ1) is 11.9. The summed E-state index contributed by atoms with van der Waals surface area (Å²) in [6.07, 6.45) is 0. The van der Waals surface area contributed by atoms with Crippen molar-refractivity contribution in [1.29, 1.82) is 0 Å². The lowest BCUT2D eigenvalue weighted by Crippen LogP contribution is -2.49. The van der Waals surface area contributed by atoms with Gasteiger partial charge in [0.2, 0.25) is 11.8 Å². The van der Waals surface area contributed by atoms with Gasteiger partial charge in [0.25, 0.3) is 5.69 Å². The number of amides is 2. The Morgan fingerprint density at radius 3 is 2.46 bits per heavy atom. The summed E-state index contributed by atoms with van der Waals surface area (Å²) in [4.78, 5) is 36.4. The molecule has 0 spiro atoms. The van der Waals surface area contributed by atoms with Crippen LogP contribution in [0.1, 0.15) is 27.7 Å². The van der Waals surface area contributed by atoms with Crippen molar-refractivity contribution < 1.29 is 19.2 Å². The molecule has 0 fully saturated rings. The highest BCUT2D eigenvalue weighted by molar-refractivity contribution is 5.96. The maximum Gasteiger partial charge on any atom is 0.271 e. The predicted molar refractivity (Wildman–Crippen MR) is 98.3 cm³/mol. The maximum absolute atomic E-state index is 12.5. The lowest BCUT2D eigenvalue weighted by atomic mass is 10.1. The number of carbonyl (C=O) groups is 2. The summed E-state index contributed by atoms with van der Waals surface area (Å²) in [7, 11) is 3.06. The number of nitrogens with one attached hydrogen (secondary N) is 2. The molecule has 1 aromatic carbocycles. The number of non-ortho nitro benzene ring substituents is 1. The van der Waals surface area contributed by atoms with Crippen molar-refractivity contribution in [2.75, 3.05) is 26.0 Å². The van der Waals surface area contributed by atoms with Gasteiger partial charge in [-0.3, -0.25) is 24.6 Å². The van der Waals surface area contributed by atoms with Crippen molar-refractivity contribution in [3.05, 3.63) is 28.3 Å². The van der Waals surface area contributed by atoms with Gasteiger partial charge in [-0.2, -0.15) is 0 Å². The first-order valence-electron chi connectivity index (χ1n) is 8.09. The number of carbonyl (C=O) groups excluding carboxylic acids is 2. The molecule has 0 saturated heterocycles. The number of rotatable bonds is 7. The lowest BCUT2D eigenvalue weighted by Gasteiger charge is -2.26. The van der Waals surface area contributed by atoms with E-state index in [1.54, 1.807) is 18.9 Å². The molecule has 0 aliphatic rings. The largest absolute Gasteiger partial charge is 0.495 e. The molecule has 2 amide bonds. The number of likely N-dealkylation sites (N-methyl/N-ethyl adjacent to an activating group) is 1. The van der Waals surface area contributed by atoms with Gasteiger partial charge in [-0.25, -0.2) is 0 Å². The van der Waals surface area contributed by atoms with Gasteiger partial charge in [-0.1, -0.05) is 0 Å². The zero-order chi connectivity index (χ0) is 20.1. The van der Waals surface area contributed by atoms with Crippen molar-refractivity contribution in [3.8, 4) is 5.75 Å². The Balaban J connectivity index is 2.82. The van der Waals surface area contributed by atoms with Crippen LogP contribution in [0.2, 0.25) is 0 Å². The molecule has 0 aliphatic carbocycles. The second-order valence-electron chi connectivity index (χ2n) is 7.02. The first kappa shape index (κ1) is 21.4. The quantitative estimate of drug-likeness (QED) is 0.562. The Morgan fingerprint density at radius 1 is 1.35 bits per heavy atom. The Kier molecular flexibility index (Phi) is 7.08. The van der Waals surface area contributed by atoms with E-state index in [-0.39, 0.29) is 29.4 Å². The van der Waals surface area contributed by atoms with Crippen molar-refractivity contribution in [1.82, 2.24) is 10.2 Å². The molecule has 0 saturated carbocycles. The minimum Gasteiger partial charge on any atom is -0.495 e. The monoisotopic (exact) mass is 366 g/mol. The van der Waals surface area contributed by atoms with Gasteiger partial charge in [0.15, 0.2) is 0 Å². The Labute approximate surface area is 152 Å². The van der Waals surface area contributed by atoms with E-state index in [0.717, 1.165) is 0 Å². The summed E-state index contributed by atoms with van der Waals surface area (Å²) >= 11 is 0. The highest BCUT2D eigenvalue weighted by atomic mass is 16.6. The first-order valence-corrected chi connectivity index (χ1v) is 8.09. The number of nitro groups is 1. The number of nitrogens with zero attached hydrogens (tertiary/aromatic N) is 2. The van der Waals surface area contributed by atoms with Gasteiger partial charge in [0.1, 0.15) is 5.75 Å². The standard InChI is InChI=1S/C17H26N4O5/c1-11(20(5)10-15(22)19-17(2,3)4)16(23)18-13-9-12(21(24)25)7-8-14(13)26-6/h7-9,11H,10H2,1-6H3,(H,18,23)(H,19,22)/t11-/m0/s1. The average molecular weight is 366 g/mol. The molecular formula is C17H26N4O5. The summed E-state index contributed by atoms with van der Waals surface area (Å²) in [6, 6.07) is 3.31. The summed E-state index contributed by atoms with van der Waals surface area (Å²) in [6.45, 7) is 7.29. The predicted octanol–water partition coefficient (Wildman–Crippen LogP) is 1.78. The fourth-order valence-electron chi connectivity index (χ4n) is 2.17. The zero-order valence-electron chi connectivity index (χ0n) is 16.0. The molecule has 1 atom stereocenters. The molecule has 0 aromatic heterocycles. The SMILES string of the molecule is COc1ccc([N+](=O)[O-])cc1NC(=O)[C@H](C)N(C)CC(=O)NC(C)(C)C. The normalized spacial score (nSPS) is 12.4. The number of nitro benzene ring substituents is 1. The van der Waals surface area contributed by atoms with Gasteiger partial charge in [0.05, 0.1) is 30.3 Å². The topological polar surface area (TPSA) is 114 Å². The van der Waals surface area contributed by atoms with Crippen LogP contribution in [-0.2, 0) is 9.59 Å². The molecule has 1 rings (SSSR count). The molecule has 1 aromatic rings. The van der Waals surface area contributed by atoms with E-state index in [2.05, 4.69) is 10.6 Å². The van der Waals surface area contributed by atoms with Crippen molar-refractivity contribution in [2.45, 2.75) is 39.3 Å². The molecule has 9 heteroatoms.